The highest BCUT2D eigenvalue weighted by molar-refractivity contribution is 6.05. The predicted molar refractivity (Wildman–Crippen MR) is 67.7 cm³/mol. The molecule has 0 spiro atoms. The average molecular weight is 260 g/mol. The van der Waals surface area contributed by atoms with Crippen molar-refractivity contribution in [2.24, 2.45) is 0 Å². The normalized spacial score (nSPS) is 10.0. The predicted octanol–water partition coefficient (Wildman–Crippen LogP) is 1.59. The van der Waals surface area contributed by atoms with E-state index in [1.165, 1.54) is 6.92 Å². The van der Waals surface area contributed by atoms with Crippen molar-refractivity contribution in [1.29, 1.82) is 0 Å². The van der Waals surface area contributed by atoms with Crippen LogP contribution in [0.5, 0.6) is 0 Å². The van der Waals surface area contributed by atoms with Crippen molar-refractivity contribution in [3.63, 3.8) is 0 Å². The Kier molecular flexibility index (Phi) is 3.56. The summed E-state index contributed by atoms with van der Waals surface area (Å²) in [7, 11) is 0. The molecule has 0 unspecified atom stereocenters. The van der Waals surface area contributed by atoms with Gasteiger partial charge in [-0.05, 0) is 29.4 Å². The number of carbonyl (C=O) groups excluding carboxylic acids is 2. The van der Waals surface area contributed by atoms with Crippen molar-refractivity contribution in [1.82, 2.24) is 10.3 Å². The zero-order chi connectivity index (χ0) is 13.8. The third-order valence-electron chi connectivity index (χ3n) is 2.33. The maximum Gasteiger partial charge on any atom is 0.257 e. The highest BCUT2D eigenvalue weighted by atomic mass is 16.6. The zero-order valence-electron chi connectivity index (χ0n) is 10.4. The van der Waals surface area contributed by atoms with Gasteiger partial charge in [0.15, 0.2) is 0 Å². The van der Waals surface area contributed by atoms with Gasteiger partial charge in [-0.25, -0.2) is 4.63 Å². The molecular weight excluding hydrogens is 248 g/mol. The highest BCUT2D eigenvalue weighted by Crippen LogP contribution is 2.16. The smallest absolute Gasteiger partial charge is 0.257 e. The number of nitrogens with zero attached hydrogens (tertiary/aromatic N) is 2. The summed E-state index contributed by atoms with van der Waals surface area (Å²) < 4.78 is 4.47. The minimum absolute atomic E-state index is 0.0702. The van der Waals surface area contributed by atoms with Crippen molar-refractivity contribution in [2.75, 3.05) is 10.6 Å². The standard InChI is InChI=1S/C12H12N4O3/c1-7-3-5-9(6-4-7)12(18)14-11-10(13-8(2)17)15-19-16-11/h3-6H,1-2H3,(H,13,15,17)(H,14,16,18). The molecule has 2 N–H and O–H groups in total. The minimum Gasteiger partial charge on any atom is -0.305 e. The Labute approximate surface area is 109 Å². The molecule has 0 aliphatic carbocycles. The first-order valence-corrected chi connectivity index (χ1v) is 5.54. The Morgan fingerprint density at radius 1 is 1.05 bits per heavy atom. The number of carbonyl (C=O) groups is 2. The van der Waals surface area contributed by atoms with E-state index >= 15 is 0 Å². The lowest BCUT2D eigenvalue weighted by Crippen LogP contribution is -2.15. The Morgan fingerprint density at radius 2 is 1.63 bits per heavy atom. The van der Waals surface area contributed by atoms with Gasteiger partial charge in [0, 0.05) is 12.5 Å². The van der Waals surface area contributed by atoms with Gasteiger partial charge in [-0.15, -0.1) is 0 Å². The van der Waals surface area contributed by atoms with Crippen LogP contribution in [0, 0.1) is 6.92 Å². The first-order chi connectivity index (χ1) is 9.06. The topological polar surface area (TPSA) is 97.1 Å². The number of aryl methyl sites for hydroxylation is 1. The molecule has 0 saturated carbocycles. The van der Waals surface area contributed by atoms with Gasteiger partial charge >= 0.3 is 0 Å². The number of aromatic nitrogens is 2. The third kappa shape index (κ3) is 3.15. The number of anilines is 2. The summed E-state index contributed by atoms with van der Waals surface area (Å²) in [6.07, 6.45) is 0. The van der Waals surface area contributed by atoms with Crippen LogP contribution >= 0.6 is 0 Å². The van der Waals surface area contributed by atoms with Crippen LogP contribution in [0.1, 0.15) is 22.8 Å². The SMILES string of the molecule is CC(=O)Nc1nonc1NC(=O)c1ccc(C)cc1. The molecule has 1 aromatic heterocycles. The van der Waals surface area contributed by atoms with Crippen molar-refractivity contribution in [3.05, 3.63) is 35.4 Å². The lowest BCUT2D eigenvalue weighted by atomic mass is 10.1. The summed E-state index contributed by atoms with van der Waals surface area (Å²) in [4.78, 5) is 22.9. The van der Waals surface area contributed by atoms with Crippen molar-refractivity contribution in [3.8, 4) is 0 Å². The Hall–Kier alpha value is -2.70. The van der Waals surface area contributed by atoms with Crippen LogP contribution in [0.15, 0.2) is 28.9 Å². The molecular formula is C12H12N4O3. The molecule has 2 amide bonds. The monoisotopic (exact) mass is 260 g/mol. The van der Waals surface area contributed by atoms with E-state index in [0.29, 0.717) is 5.56 Å². The van der Waals surface area contributed by atoms with E-state index in [0.717, 1.165) is 5.56 Å². The highest BCUT2D eigenvalue weighted by Gasteiger charge is 2.15. The second kappa shape index (κ2) is 5.30. The number of hydrogen-bond acceptors (Lipinski definition) is 5. The van der Waals surface area contributed by atoms with Gasteiger partial charge in [-0.2, -0.15) is 0 Å². The van der Waals surface area contributed by atoms with Crippen molar-refractivity contribution in [2.45, 2.75) is 13.8 Å². The maximum absolute atomic E-state index is 11.9. The number of amides is 2. The second-order valence-corrected chi connectivity index (χ2v) is 3.96. The van der Waals surface area contributed by atoms with Crippen molar-refractivity contribution >= 4 is 23.5 Å². The summed E-state index contributed by atoms with van der Waals surface area (Å²) in [5.74, 6) is -0.544. The number of hydrogen-bond donors (Lipinski definition) is 2. The van der Waals surface area contributed by atoms with Crippen LogP contribution in [-0.4, -0.2) is 22.1 Å². The van der Waals surface area contributed by atoms with Crippen LogP contribution in [-0.2, 0) is 4.79 Å². The molecule has 0 bridgehead atoms. The number of nitrogens with one attached hydrogen (secondary N) is 2. The van der Waals surface area contributed by atoms with E-state index in [2.05, 4.69) is 25.6 Å². The van der Waals surface area contributed by atoms with E-state index in [9.17, 15) is 9.59 Å². The summed E-state index contributed by atoms with van der Waals surface area (Å²) in [6, 6.07) is 7.03. The minimum atomic E-state index is -0.359. The van der Waals surface area contributed by atoms with Crippen molar-refractivity contribution < 1.29 is 14.2 Å². The molecule has 1 aromatic carbocycles. The number of benzene rings is 1. The fourth-order valence-electron chi connectivity index (χ4n) is 1.40. The summed E-state index contributed by atoms with van der Waals surface area (Å²) in [5.41, 5.74) is 1.53. The first-order valence-electron chi connectivity index (χ1n) is 5.54. The molecule has 0 aliphatic heterocycles. The quantitative estimate of drug-likeness (QED) is 0.873. The van der Waals surface area contributed by atoms with E-state index in [4.69, 9.17) is 0 Å². The molecule has 98 valence electrons. The lowest BCUT2D eigenvalue weighted by molar-refractivity contribution is -0.114. The summed E-state index contributed by atoms with van der Waals surface area (Å²) >= 11 is 0. The van der Waals surface area contributed by atoms with Gasteiger partial charge in [-0.3, -0.25) is 9.59 Å². The van der Waals surface area contributed by atoms with Gasteiger partial charge in [-0.1, -0.05) is 17.7 Å². The summed E-state index contributed by atoms with van der Waals surface area (Å²) in [5, 5.41) is 11.9. The van der Waals surface area contributed by atoms with Gasteiger partial charge in [0.05, 0.1) is 0 Å². The average Bonchev–Trinajstić information content (AvgIpc) is 2.76. The molecule has 0 aliphatic rings. The second-order valence-electron chi connectivity index (χ2n) is 3.96. The van der Waals surface area contributed by atoms with E-state index in [-0.39, 0.29) is 23.5 Å². The van der Waals surface area contributed by atoms with Crippen LogP contribution in [0.3, 0.4) is 0 Å². The fraction of sp³-hybridized carbons (Fsp3) is 0.167. The molecule has 0 fully saturated rings. The first kappa shape index (κ1) is 12.7. The van der Waals surface area contributed by atoms with E-state index in [1.54, 1.807) is 12.1 Å². The van der Waals surface area contributed by atoms with Crippen LogP contribution < -0.4 is 10.6 Å². The molecule has 0 atom stereocenters. The Balaban J connectivity index is 2.13. The van der Waals surface area contributed by atoms with Gasteiger partial charge < -0.3 is 10.6 Å². The molecule has 2 aromatic rings. The molecule has 19 heavy (non-hydrogen) atoms. The van der Waals surface area contributed by atoms with Crippen LogP contribution in [0.25, 0.3) is 0 Å². The Bertz CT molecular complexity index is 604. The molecule has 7 nitrogen and oxygen atoms in total. The molecule has 1 heterocycles. The van der Waals surface area contributed by atoms with E-state index in [1.807, 2.05) is 19.1 Å². The summed E-state index contributed by atoms with van der Waals surface area (Å²) in [6.45, 7) is 3.25. The fourth-order valence-corrected chi connectivity index (χ4v) is 1.40. The molecule has 2 rings (SSSR count). The van der Waals surface area contributed by atoms with Gasteiger partial charge in [0.1, 0.15) is 0 Å². The van der Waals surface area contributed by atoms with Crippen LogP contribution in [0.4, 0.5) is 11.6 Å². The van der Waals surface area contributed by atoms with Gasteiger partial charge in [0.25, 0.3) is 5.91 Å². The van der Waals surface area contributed by atoms with Crippen LogP contribution in [0.2, 0.25) is 0 Å². The van der Waals surface area contributed by atoms with Gasteiger partial charge in [0.2, 0.25) is 17.5 Å². The lowest BCUT2D eigenvalue weighted by Gasteiger charge is -2.03. The zero-order valence-corrected chi connectivity index (χ0v) is 10.4. The third-order valence-corrected chi connectivity index (χ3v) is 2.33. The molecule has 0 saturated heterocycles. The number of rotatable bonds is 3. The largest absolute Gasteiger partial charge is 0.305 e. The molecule has 0 radical (unpaired) electrons. The van der Waals surface area contributed by atoms with E-state index < -0.39 is 0 Å². The Morgan fingerprint density at radius 3 is 2.21 bits per heavy atom. The maximum atomic E-state index is 11.9. The molecule has 7 heteroatoms.